The Bertz CT molecular complexity index is 629. The van der Waals surface area contributed by atoms with Gasteiger partial charge in [-0.25, -0.2) is 0 Å². The molecule has 0 saturated heterocycles. The highest BCUT2D eigenvalue weighted by atomic mass is 35.5. The van der Waals surface area contributed by atoms with Crippen molar-refractivity contribution in [3.8, 4) is 11.1 Å². The molecule has 2 N–H and O–H groups in total. The number of nitrogens with two attached hydrogens (primary N) is 1. The maximum atomic E-state index is 10.8. The third-order valence-electron chi connectivity index (χ3n) is 2.49. The number of nitro benzene ring substituents is 1. The summed E-state index contributed by atoms with van der Waals surface area (Å²) in [7, 11) is 0. The van der Waals surface area contributed by atoms with E-state index in [4.69, 9.17) is 28.9 Å². The highest BCUT2D eigenvalue weighted by molar-refractivity contribution is 6.43. The summed E-state index contributed by atoms with van der Waals surface area (Å²) >= 11 is 12.0. The SMILES string of the molecule is Nc1ccc(-c2cccc(Cl)c2Cl)cc1[N+](=O)[O-]. The second-order valence-electron chi connectivity index (χ2n) is 3.63. The molecule has 0 bridgehead atoms. The summed E-state index contributed by atoms with van der Waals surface area (Å²) in [5.41, 5.74) is 6.73. The van der Waals surface area contributed by atoms with Gasteiger partial charge in [-0.1, -0.05) is 41.4 Å². The molecule has 0 radical (unpaired) electrons. The normalized spacial score (nSPS) is 10.3. The largest absolute Gasteiger partial charge is 0.393 e. The topological polar surface area (TPSA) is 69.2 Å². The van der Waals surface area contributed by atoms with Crippen molar-refractivity contribution in [1.29, 1.82) is 0 Å². The van der Waals surface area contributed by atoms with E-state index in [1.807, 2.05) is 0 Å². The molecule has 0 saturated carbocycles. The first kappa shape index (κ1) is 12.7. The van der Waals surface area contributed by atoms with Gasteiger partial charge in [-0.3, -0.25) is 10.1 Å². The molecule has 4 nitrogen and oxygen atoms in total. The predicted octanol–water partition coefficient (Wildman–Crippen LogP) is 4.15. The first-order valence-corrected chi connectivity index (χ1v) is 5.74. The molecule has 0 amide bonds. The standard InChI is InChI=1S/C12H8Cl2N2O2/c13-9-3-1-2-8(12(9)14)7-4-5-10(15)11(6-7)16(17)18/h1-6H,15H2. The third-order valence-corrected chi connectivity index (χ3v) is 3.31. The van der Waals surface area contributed by atoms with Gasteiger partial charge in [0.05, 0.1) is 15.0 Å². The van der Waals surface area contributed by atoms with Gasteiger partial charge >= 0.3 is 0 Å². The van der Waals surface area contributed by atoms with Gasteiger partial charge in [0.1, 0.15) is 5.69 Å². The molecule has 18 heavy (non-hydrogen) atoms. The van der Waals surface area contributed by atoms with Gasteiger partial charge in [0.25, 0.3) is 5.69 Å². The number of benzene rings is 2. The van der Waals surface area contributed by atoms with Crippen molar-refractivity contribution in [1.82, 2.24) is 0 Å². The third kappa shape index (κ3) is 2.25. The number of rotatable bonds is 2. The van der Waals surface area contributed by atoms with Crippen LogP contribution in [0.3, 0.4) is 0 Å². The summed E-state index contributed by atoms with van der Waals surface area (Å²) in [5, 5.41) is 11.6. The van der Waals surface area contributed by atoms with E-state index in [-0.39, 0.29) is 11.4 Å². The zero-order chi connectivity index (χ0) is 13.3. The fourth-order valence-corrected chi connectivity index (χ4v) is 2.01. The summed E-state index contributed by atoms with van der Waals surface area (Å²) in [4.78, 5) is 10.3. The molecule has 2 aromatic carbocycles. The molecule has 0 aliphatic rings. The van der Waals surface area contributed by atoms with Crippen LogP contribution in [0, 0.1) is 10.1 Å². The highest BCUT2D eigenvalue weighted by Gasteiger charge is 2.14. The quantitative estimate of drug-likeness (QED) is 0.511. The minimum Gasteiger partial charge on any atom is -0.393 e. The highest BCUT2D eigenvalue weighted by Crippen LogP contribution is 2.36. The summed E-state index contributed by atoms with van der Waals surface area (Å²) in [6, 6.07) is 9.64. The van der Waals surface area contributed by atoms with Gasteiger partial charge in [-0.2, -0.15) is 0 Å². The Morgan fingerprint density at radius 2 is 1.89 bits per heavy atom. The first-order valence-electron chi connectivity index (χ1n) is 4.99. The number of halogens is 2. The van der Waals surface area contributed by atoms with Crippen molar-refractivity contribution < 1.29 is 4.92 Å². The van der Waals surface area contributed by atoms with E-state index in [1.54, 1.807) is 24.3 Å². The Morgan fingerprint density at radius 3 is 2.56 bits per heavy atom. The zero-order valence-corrected chi connectivity index (χ0v) is 10.6. The number of nitrogens with zero attached hydrogens (tertiary/aromatic N) is 1. The molecule has 6 heteroatoms. The number of nitrogen functional groups attached to an aromatic ring is 1. The smallest absolute Gasteiger partial charge is 0.292 e. The van der Waals surface area contributed by atoms with Crippen LogP contribution in [0.15, 0.2) is 36.4 Å². The molecule has 2 rings (SSSR count). The molecule has 0 atom stereocenters. The lowest BCUT2D eigenvalue weighted by molar-refractivity contribution is -0.383. The minimum absolute atomic E-state index is 0.113. The molecular weight excluding hydrogens is 275 g/mol. The maximum absolute atomic E-state index is 10.8. The van der Waals surface area contributed by atoms with Crippen LogP contribution in [0.1, 0.15) is 0 Å². The van der Waals surface area contributed by atoms with Crippen LogP contribution >= 0.6 is 23.2 Å². The van der Waals surface area contributed by atoms with Crippen LogP contribution in [0.2, 0.25) is 10.0 Å². The number of hydrogen-bond acceptors (Lipinski definition) is 3. The molecule has 0 spiro atoms. The van der Waals surface area contributed by atoms with E-state index in [2.05, 4.69) is 0 Å². The molecule has 0 heterocycles. The van der Waals surface area contributed by atoms with E-state index in [9.17, 15) is 10.1 Å². The fourth-order valence-electron chi connectivity index (χ4n) is 1.60. The Labute approximate surface area is 113 Å². The molecule has 0 aliphatic heterocycles. The fraction of sp³-hybridized carbons (Fsp3) is 0. The summed E-state index contributed by atoms with van der Waals surface area (Å²) in [5.74, 6) is 0. The van der Waals surface area contributed by atoms with Crippen molar-refractivity contribution in [2.45, 2.75) is 0 Å². The van der Waals surface area contributed by atoms with E-state index >= 15 is 0 Å². The van der Waals surface area contributed by atoms with E-state index < -0.39 is 4.92 Å². The second kappa shape index (κ2) is 4.84. The van der Waals surface area contributed by atoms with Gasteiger partial charge in [0, 0.05) is 11.6 Å². The number of hydrogen-bond donors (Lipinski definition) is 1. The van der Waals surface area contributed by atoms with Crippen LogP contribution < -0.4 is 5.73 Å². The molecule has 0 aromatic heterocycles. The summed E-state index contributed by atoms with van der Waals surface area (Å²) in [6.45, 7) is 0. The minimum atomic E-state index is -0.530. The molecule has 0 aliphatic carbocycles. The summed E-state index contributed by atoms with van der Waals surface area (Å²) < 4.78 is 0. The van der Waals surface area contributed by atoms with Gasteiger partial charge in [-0.15, -0.1) is 0 Å². The Balaban J connectivity index is 2.62. The lowest BCUT2D eigenvalue weighted by atomic mass is 10.0. The van der Waals surface area contributed by atoms with Crippen LogP contribution in [-0.4, -0.2) is 4.92 Å². The van der Waals surface area contributed by atoms with Crippen LogP contribution in [0.4, 0.5) is 11.4 Å². The average Bonchev–Trinajstić information content (AvgIpc) is 2.33. The average molecular weight is 283 g/mol. The second-order valence-corrected chi connectivity index (χ2v) is 4.42. The molecule has 92 valence electrons. The van der Waals surface area contributed by atoms with Crippen LogP contribution in [-0.2, 0) is 0 Å². The summed E-state index contributed by atoms with van der Waals surface area (Å²) in [6.07, 6.45) is 0. The molecule has 0 unspecified atom stereocenters. The van der Waals surface area contributed by atoms with Crippen LogP contribution in [0.5, 0.6) is 0 Å². The first-order chi connectivity index (χ1) is 8.50. The molecule has 2 aromatic rings. The van der Waals surface area contributed by atoms with E-state index in [0.717, 1.165) is 0 Å². The van der Waals surface area contributed by atoms with E-state index in [1.165, 1.54) is 12.1 Å². The Hall–Kier alpha value is -1.78. The van der Waals surface area contributed by atoms with Crippen molar-refractivity contribution in [3.05, 3.63) is 56.6 Å². The van der Waals surface area contributed by atoms with Crippen molar-refractivity contribution in [2.75, 3.05) is 5.73 Å². The monoisotopic (exact) mass is 282 g/mol. The van der Waals surface area contributed by atoms with Gasteiger partial charge < -0.3 is 5.73 Å². The predicted molar refractivity (Wildman–Crippen MR) is 73.0 cm³/mol. The van der Waals surface area contributed by atoms with Crippen LogP contribution in [0.25, 0.3) is 11.1 Å². The Kier molecular flexibility index (Phi) is 3.41. The van der Waals surface area contributed by atoms with Gasteiger partial charge in [0.15, 0.2) is 0 Å². The van der Waals surface area contributed by atoms with Crippen molar-refractivity contribution >= 4 is 34.6 Å². The zero-order valence-electron chi connectivity index (χ0n) is 9.06. The maximum Gasteiger partial charge on any atom is 0.292 e. The number of anilines is 1. The van der Waals surface area contributed by atoms with E-state index in [0.29, 0.717) is 21.2 Å². The lowest BCUT2D eigenvalue weighted by Gasteiger charge is -2.06. The van der Waals surface area contributed by atoms with Gasteiger partial charge in [0.2, 0.25) is 0 Å². The lowest BCUT2D eigenvalue weighted by Crippen LogP contribution is -1.95. The molecule has 0 fully saturated rings. The Morgan fingerprint density at radius 1 is 1.17 bits per heavy atom. The van der Waals surface area contributed by atoms with Crippen molar-refractivity contribution in [3.63, 3.8) is 0 Å². The van der Waals surface area contributed by atoms with Crippen molar-refractivity contribution in [2.24, 2.45) is 0 Å². The molecular formula is C12H8Cl2N2O2. The van der Waals surface area contributed by atoms with Gasteiger partial charge in [-0.05, 0) is 17.7 Å². The number of nitro groups is 1.